The number of aryl methyl sites for hydroxylation is 1. The smallest absolute Gasteiger partial charge is 0.239 e. The first-order chi connectivity index (χ1) is 8.19. The molecule has 0 aliphatic rings. The van der Waals surface area contributed by atoms with Gasteiger partial charge in [-0.2, -0.15) is 0 Å². The molecule has 1 aromatic rings. The van der Waals surface area contributed by atoms with Crippen molar-refractivity contribution in [3.05, 3.63) is 29.8 Å². The minimum absolute atomic E-state index is 0.0188. The van der Waals surface area contributed by atoms with Gasteiger partial charge in [0.05, 0.1) is 6.54 Å². The third kappa shape index (κ3) is 4.07. The van der Waals surface area contributed by atoms with Crippen LogP contribution in [0.15, 0.2) is 24.3 Å². The van der Waals surface area contributed by atoms with Crippen molar-refractivity contribution in [2.45, 2.75) is 13.3 Å². The molecule has 0 aromatic heterocycles. The highest BCUT2D eigenvalue weighted by atomic mass is 16.1. The lowest BCUT2D eigenvalue weighted by Gasteiger charge is -2.25. The molecule has 3 N–H and O–H groups in total. The van der Waals surface area contributed by atoms with Gasteiger partial charge < -0.3 is 16.0 Å². The van der Waals surface area contributed by atoms with Crippen LogP contribution in [0.2, 0.25) is 0 Å². The fourth-order valence-corrected chi connectivity index (χ4v) is 1.74. The Bertz CT molecular complexity index is 365. The van der Waals surface area contributed by atoms with Gasteiger partial charge >= 0.3 is 0 Å². The third-order valence-electron chi connectivity index (χ3n) is 2.70. The maximum atomic E-state index is 11.5. The number of nitrogens with two attached hydrogens (primary N) is 1. The summed E-state index contributed by atoms with van der Waals surface area (Å²) in [6.45, 7) is 3.86. The molecule has 1 amide bonds. The lowest BCUT2D eigenvalue weighted by atomic mass is 10.1. The number of hydrogen-bond donors (Lipinski definition) is 2. The predicted octanol–water partition coefficient (Wildman–Crippen LogP) is 0.896. The van der Waals surface area contributed by atoms with E-state index in [1.54, 1.807) is 7.05 Å². The van der Waals surface area contributed by atoms with Crippen LogP contribution in [0.5, 0.6) is 0 Å². The van der Waals surface area contributed by atoms with Gasteiger partial charge in [-0.05, 0) is 31.5 Å². The van der Waals surface area contributed by atoms with E-state index < -0.39 is 0 Å². The summed E-state index contributed by atoms with van der Waals surface area (Å²) in [5.41, 5.74) is 7.80. The summed E-state index contributed by atoms with van der Waals surface area (Å²) in [5, 5.41) is 2.65. The van der Waals surface area contributed by atoms with E-state index >= 15 is 0 Å². The van der Waals surface area contributed by atoms with Gasteiger partial charge in [0.25, 0.3) is 0 Å². The van der Waals surface area contributed by atoms with E-state index in [2.05, 4.69) is 23.2 Å². The first-order valence-corrected chi connectivity index (χ1v) is 5.90. The Hall–Kier alpha value is -1.55. The van der Waals surface area contributed by atoms with Gasteiger partial charge in [-0.1, -0.05) is 18.2 Å². The second kappa shape index (κ2) is 6.91. The summed E-state index contributed by atoms with van der Waals surface area (Å²) in [4.78, 5) is 13.6. The first-order valence-electron chi connectivity index (χ1n) is 5.90. The molecule has 0 bridgehead atoms. The van der Waals surface area contributed by atoms with Crippen molar-refractivity contribution in [3.8, 4) is 0 Å². The number of nitrogens with one attached hydrogen (secondary N) is 1. The van der Waals surface area contributed by atoms with Crippen LogP contribution in [0.1, 0.15) is 12.0 Å². The van der Waals surface area contributed by atoms with Crippen LogP contribution in [-0.2, 0) is 4.79 Å². The summed E-state index contributed by atoms with van der Waals surface area (Å²) in [7, 11) is 1.65. The molecular formula is C13H21N3O. The van der Waals surface area contributed by atoms with Crippen LogP contribution in [0.4, 0.5) is 5.69 Å². The van der Waals surface area contributed by atoms with Crippen LogP contribution in [-0.4, -0.2) is 32.6 Å². The molecule has 0 heterocycles. The summed E-state index contributed by atoms with van der Waals surface area (Å²) in [6.07, 6.45) is 0.880. The monoisotopic (exact) mass is 235 g/mol. The van der Waals surface area contributed by atoms with Gasteiger partial charge in [0.15, 0.2) is 0 Å². The minimum atomic E-state index is 0.0188. The van der Waals surface area contributed by atoms with E-state index in [0.717, 1.165) is 18.7 Å². The summed E-state index contributed by atoms with van der Waals surface area (Å²) in [5.74, 6) is 0.0188. The second-order valence-electron chi connectivity index (χ2n) is 4.02. The van der Waals surface area contributed by atoms with Crippen LogP contribution < -0.4 is 16.0 Å². The molecule has 17 heavy (non-hydrogen) atoms. The molecule has 0 aliphatic heterocycles. The Balaban J connectivity index is 2.81. The number of carbonyl (C=O) groups excluding carboxylic acids is 1. The van der Waals surface area contributed by atoms with Crippen LogP contribution in [0.3, 0.4) is 0 Å². The Kier molecular flexibility index (Phi) is 5.49. The highest BCUT2D eigenvalue weighted by molar-refractivity contribution is 5.81. The topological polar surface area (TPSA) is 58.4 Å². The zero-order chi connectivity index (χ0) is 12.7. The summed E-state index contributed by atoms with van der Waals surface area (Å²) >= 11 is 0. The van der Waals surface area contributed by atoms with Gasteiger partial charge in [0.1, 0.15) is 0 Å². The highest BCUT2D eigenvalue weighted by Gasteiger charge is 2.11. The normalized spacial score (nSPS) is 10.1. The average molecular weight is 235 g/mol. The largest absolute Gasteiger partial charge is 0.362 e. The molecule has 0 spiro atoms. The Morgan fingerprint density at radius 3 is 2.71 bits per heavy atom. The number of hydrogen-bond acceptors (Lipinski definition) is 3. The number of carbonyl (C=O) groups is 1. The fraction of sp³-hybridized carbons (Fsp3) is 0.462. The lowest BCUT2D eigenvalue weighted by molar-refractivity contribution is -0.119. The molecule has 0 saturated carbocycles. The second-order valence-corrected chi connectivity index (χ2v) is 4.02. The number of para-hydroxylation sites is 1. The van der Waals surface area contributed by atoms with E-state index in [-0.39, 0.29) is 5.91 Å². The molecule has 4 nitrogen and oxygen atoms in total. The van der Waals surface area contributed by atoms with E-state index in [4.69, 9.17) is 5.73 Å². The molecule has 1 aromatic carbocycles. The van der Waals surface area contributed by atoms with E-state index in [0.29, 0.717) is 13.1 Å². The number of benzene rings is 1. The number of rotatable bonds is 6. The highest BCUT2D eigenvalue weighted by Crippen LogP contribution is 2.19. The molecule has 1 rings (SSSR count). The average Bonchev–Trinajstić information content (AvgIpc) is 2.35. The van der Waals surface area contributed by atoms with Crippen LogP contribution in [0.25, 0.3) is 0 Å². The molecule has 0 unspecified atom stereocenters. The fourth-order valence-electron chi connectivity index (χ4n) is 1.74. The van der Waals surface area contributed by atoms with Gasteiger partial charge in [0.2, 0.25) is 5.91 Å². The molecule has 0 fully saturated rings. The molecule has 0 atom stereocenters. The SMILES string of the molecule is CNC(=O)CN(CCCN)c1ccccc1C. The maximum absolute atomic E-state index is 11.5. The lowest BCUT2D eigenvalue weighted by Crippen LogP contribution is -2.37. The maximum Gasteiger partial charge on any atom is 0.239 e. The van der Waals surface area contributed by atoms with Crippen molar-refractivity contribution < 1.29 is 4.79 Å². The molecule has 0 saturated heterocycles. The molecule has 4 heteroatoms. The van der Waals surface area contributed by atoms with Crippen molar-refractivity contribution in [3.63, 3.8) is 0 Å². The van der Waals surface area contributed by atoms with Crippen molar-refractivity contribution in [1.29, 1.82) is 0 Å². The van der Waals surface area contributed by atoms with E-state index in [1.165, 1.54) is 5.56 Å². The van der Waals surface area contributed by atoms with Crippen molar-refractivity contribution >= 4 is 11.6 Å². The number of anilines is 1. The zero-order valence-corrected chi connectivity index (χ0v) is 10.6. The van der Waals surface area contributed by atoms with Gasteiger partial charge in [0, 0.05) is 19.3 Å². The van der Waals surface area contributed by atoms with E-state index in [1.807, 2.05) is 18.2 Å². The van der Waals surface area contributed by atoms with Gasteiger partial charge in [-0.15, -0.1) is 0 Å². The standard InChI is InChI=1S/C13H21N3O/c1-11-6-3-4-7-12(11)16(9-5-8-14)10-13(17)15-2/h3-4,6-7H,5,8-10,14H2,1-2H3,(H,15,17). The number of amides is 1. The predicted molar refractivity (Wildman–Crippen MR) is 71.1 cm³/mol. The first kappa shape index (κ1) is 13.5. The Labute approximate surface area is 103 Å². The summed E-state index contributed by atoms with van der Waals surface area (Å²) in [6, 6.07) is 8.07. The Morgan fingerprint density at radius 1 is 1.41 bits per heavy atom. The minimum Gasteiger partial charge on any atom is -0.362 e. The quantitative estimate of drug-likeness (QED) is 0.770. The third-order valence-corrected chi connectivity index (χ3v) is 2.70. The number of nitrogens with zero attached hydrogens (tertiary/aromatic N) is 1. The van der Waals surface area contributed by atoms with Crippen LogP contribution >= 0.6 is 0 Å². The molecule has 0 radical (unpaired) electrons. The van der Waals surface area contributed by atoms with Gasteiger partial charge in [-0.3, -0.25) is 4.79 Å². The van der Waals surface area contributed by atoms with E-state index in [9.17, 15) is 4.79 Å². The molecule has 94 valence electrons. The van der Waals surface area contributed by atoms with Crippen molar-refractivity contribution in [2.75, 3.05) is 31.6 Å². The zero-order valence-electron chi connectivity index (χ0n) is 10.6. The van der Waals surface area contributed by atoms with Crippen molar-refractivity contribution in [2.24, 2.45) is 5.73 Å². The summed E-state index contributed by atoms with van der Waals surface area (Å²) < 4.78 is 0. The number of likely N-dealkylation sites (N-methyl/N-ethyl adjacent to an activating group) is 1. The van der Waals surface area contributed by atoms with Gasteiger partial charge in [-0.25, -0.2) is 0 Å². The molecule has 0 aliphatic carbocycles. The molecular weight excluding hydrogens is 214 g/mol. The van der Waals surface area contributed by atoms with Crippen LogP contribution in [0, 0.1) is 6.92 Å². The Morgan fingerprint density at radius 2 is 2.12 bits per heavy atom. The van der Waals surface area contributed by atoms with Crippen molar-refractivity contribution in [1.82, 2.24) is 5.32 Å².